The number of hydrogen-bond donors (Lipinski definition) is 0. The summed E-state index contributed by atoms with van der Waals surface area (Å²) in [6.07, 6.45) is 3.12. The topological polar surface area (TPSA) is 40.6 Å². The Morgan fingerprint density at radius 2 is 2.00 bits per heavy atom. The number of rotatable bonds is 4. The maximum atomic E-state index is 12.7. The molecule has 0 saturated carbocycles. The molecule has 2 amide bonds. The van der Waals surface area contributed by atoms with Crippen molar-refractivity contribution >= 4 is 35.0 Å². The fourth-order valence-corrected chi connectivity index (χ4v) is 4.04. The summed E-state index contributed by atoms with van der Waals surface area (Å²) in [5.41, 5.74) is 0.850. The number of carbonyl (C=O) groups is 2. The number of amides is 2. The molecule has 1 aromatic rings. The number of hydrogen-bond acceptors (Lipinski definition) is 2. The van der Waals surface area contributed by atoms with Crippen molar-refractivity contribution < 1.29 is 9.59 Å². The van der Waals surface area contributed by atoms with E-state index in [1.807, 2.05) is 15.9 Å². The zero-order chi connectivity index (χ0) is 17.3. The van der Waals surface area contributed by atoms with Crippen LogP contribution in [0.25, 0.3) is 0 Å². The molecule has 6 heteroatoms. The van der Waals surface area contributed by atoms with Crippen molar-refractivity contribution in [3.63, 3.8) is 0 Å². The normalized spacial score (nSPS) is 23.5. The summed E-state index contributed by atoms with van der Waals surface area (Å²) >= 11 is 12.0. The summed E-state index contributed by atoms with van der Waals surface area (Å²) < 4.78 is 0. The van der Waals surface area contributed by atoms with Crippen molar-refractivity contribution in [3.05, 3.63) is 33.8 Å². The fraction of sp³-hybridized carbons (Fsp3) is 0.556. The van der Waals surface area contributed by atoms with Gasteiger partial charge in [0.25, 0.3) is 0 Å². The van der Waals surface area contributed by atoms with E-state index in [1.54, 1.807) is 12.1 Å². The number of halogens is 2. The first-order valence-corrected chi connectivity index (χ1v) is 9.27. The van der Waals surface area contributed by atoms with Gasteiger partial charge in [-0.1, -0.05) is 36.2 Å². The van der Waals surface area contributed by atoms with Crippen molar-refractivity contribution in [3.8, 4) is 0 Å². The molecule has 3 saturated heterocycles. The Morgan fingerprint density at radius 3 is 2.71 bits per heavy atom. The second-order valence-electron chi connectivity index (χ2n) is 6.68. The van der Waals surface area contributed by atoms with Crippen LogP contribution in [0.4, 0.5) is 0 Å². The monoisotopic (exact) mass is 368 g/mol. The molecule has 0 radical (unpaired) electrons. The second-order valence-corrected chi connectivity index (χ2v) is 7.50. The van der Waals surface area contributed by atoms with E-state index in [9.17, 15) is 9.59 Å². The molecule has 130 valence electrons. The molecule has 2 bridgehead atoms. The van der Waals surface area contributed by atoms with Crippen LogP contribution in [-0.2, 0) is 16.0 Å². The molecule has 24 heavy (non-hydrogen) atoms. The quantitative estimate of drug-likeness (QED) is 0.816. The van der Waals surface area contributed by atoms with Crippen LogP contribution in [0, 0.1) is 5.92 Å². The molecular formula is C18H22Cl2N2O2. The lowest BCUT2D eigenvalue weighted by molar-refractivity contribution is -0.139. The predicted molar refractivity (Wildman–Crippen MR) is 95.3 cm³/mol. The minimum absolute atomic E-state index is 0.0481. The highest BCUT2D eigenvalue weighted by Gasteiger charge is 2.41. The molecule has 2 atom stereocenters. The predicted octanol–water partition coefficient (Wildman–Crippen LogP) is 3.40. The van der Waals surface area contributed by atoms with E-state index in [4.69, 9.17) is 23.2 Å². The third-order valence-corrected chi connectivity index (χ3v) is 5.69. The van der Waals surface area contributed by atoms with Gasteiger partial charge in [-0.2, -0.15) is 0 Å². The maximum absolute atomic E-state index is 12.7. The average Bonchev–Trinajstić information content (AvgIpc) is 2.84. The van der Waals surface area contributed by atoms with Crippen LogP contribution in [0.1, 0.15) is 31.7 Å². The molecule has 0 aromatic heterocycles. The van der Waals surface area contributed by atoms with Crippen LogP contribution in [0.15, 0.2) is 18.2 Å². The lowest BCUT2D eigenvalue weighted by atomic mass is 9.94. The van der Waals surface area contributed by atoms with E-state index in [2.05, 4.69) is 6.92 Å². The lowest BCUT2D eigenvalue weighted by Gasteiger charge is -2.35. The molecule has 3 heterocycles. The van der Waals surface area contributed by atoms with Crippen LogP contribution >= 0.6 is 23.2 Å². The standard InChI is InChI=1S/C18H22Cl2N2O2/c1-2-7-22-14-5-4-13(18(22)24)10-21(11-14)17(23)9-12-3-6-15(19)16(20)8-12/h3,6,8,13-14H,2,4-5,7,9-11H2,1H3/t13-,14+/m1/s1. The molecular weight excluding hydrogens is 347 g/mol. The van der Waals surface area contributed by atoms with E-state index >= 15 is 0 Å². The van der Waals surface area contributed by atoms with Crippen LogP contribution in [-0.4, -0.2) is 47.3 Å². The second kappa shape index (κ2) is 7.32. The third-order valence-electron chi connectivity index (χ3n) is 4.95. The van der Waals surface area contributed by atoms with Crippen molar-refractivity contribution in [2.24, 2.45) is 5.92 Å². The maximum Gasteiger partial charge on any atom is 0.227 e. The number of benzene rings is 1. The molecule has 0 aliphatic carbocycles. The molecule has 3 aliphatic heterocycles. The molecule has 3 fully saturated rings. The van der Waals surface area contributed by atoms with Gasteiger partial charge in [0.05, 0.1) is 22.4 Å². The van der Waals surface area contributed by atoms with Gasteiger partial charge in [-0.25, -0.2) is 0 Å². The van der Waals surface area contributed by atoms with E-state index in [0.717, 1.165) is 31.4 Å². The zero-order valence-electron chi connectivity index (χ0n) is 13.8. The number of fused-ring (bicyclic) bond motifs is 4. The van der Waals surface area contributed by atoms with Crippen LogP contribution in [0.3, 0.4) is 0 Å². The first-order valence-electron chi connectivity index (χ1n) is 8.51. The summed E-state index contributed by atoms with van der Waals surface area (Å²) in [5.74, 6) is 0.224. The summed E-state index contributed by atoms with van der Waals surface area (Å²) in [4.78, 5) is 29.1. The van der Waals surface area contributed by atoms with Crippen LogP contribution in [0.2, 0.25) is 10.0 Å². The molecule has 3 aliphatic rings. The Balaban J connectivity index is 1.72. The van der Waals surface area contributed by atoms with Gasteiger partial charge in [-0.15, -0.1) is 0 Å². The van der Waals surface area contributed by atoms with Crippen molar-refractivity contribution in [2.45, 2.75) is 38.6 Å². The highest BCUT2D eigenvalue weighted by atomic mass is 35.5. The molecule has 0 N–H and O–H groups in total. The highest BCUT2D eigenvalue weighted by Crippen LogP contribution is 2.30. The van der Waals surface area contributed by atoms with E-state index in [1.165, 1.54) is 0 Å². The molecule has 1 aromatic carbocycles. The number of nitrogens with zero attached hydrogens (tertiary/aromatic N) is 2. The average molecular weight is 369 g/mol. The van der Waals surface area contributed by atoms with Crippen molar-refractivity contribution in [1.82, 2.24) is 9.80 Å². The number of piperidine rings is 1. The Morgan fingerprint density at radius 1 is 1.21 bits per heavy atom. The highest BCUT2D eigenvalue weighted by molar-refractivity contribution is 6.42. The van der Waals surface area contributed by atoms with E-state index in [-0.39, 0.29) is 30.2 Å². The van der Waals surface area contributed by atoms with Crippen LogP contribution in [0.5, 0.6) is 0 Å². The Bertz CT molecular complexity index is 650. The van der Waals surface area contributed by atoms with Gasteiger partial charge in [0.15, 0.2) is 0 Å². The molecule has 4 nitrogen and oxygen atoms in total. The SMILES string of the molecule is CCCN1C(=O)[C@@H]2CC[C@H]1CN(C(=O)Cc1ccc(Cl)c(Cl)c1)C2. The van der Waals surface area contributed by atoms with E-state index in [0.29, 0.717) is 23.1 Å². The van der Waals surface area contributed by atoms with Crippen molar-refractivity contribution in [2.75, 3.05) is 19.6 Å². The van der Waals surface area contributed by atoms with E-state index < -0.39 is 0 Å². The summed E-state index contributed by atoms with van der Waals surface area (Å²) in [5, 5.41) is 0.948. The van der Waals surface area contributed by atoms with Gasteiger partial charge in [0.2, 0.25) is 11.8 Å². The van der Waals surface area contributed by atoms with Crippen LogP contribution < -0.4 is 0 Å². The Hall–Kier alpha value is -1.26. The third kappa shape index (κ3) is 3.55. The summed E-state index contributed by atoms with van der Waals surface area (Å²) in [6, 6.07) is 5.44. The van der Waals surface area contributed by atoms with Gasteiger partial charge >= 0.3 is 0 Å². The Kier molecular flexibility index (Phi) is 5.36. The fourth-order valence-electron chi connectivity index (χ4n) is 3.71. The van der Waals surface area contributed by atoms with Gasteiger partial charge in [0.1, 0.15) is 0 Å². The van der Waals surface area contributed by atoms with Gasteiger partial charge < -0.3 is 9.80 Å². The minimum Gasteiger partial charge on any atom is -0.340 e. The van der Waals surface area contributed by atoms with Gasteiger partial charge in [0, 0.05) is 25.7 Å². The number of carbonyl (C=O) groups excluding carboxylic acids is 2. The first kappa shape index (κ1) is 17.6. The first-order chi connectivity index (χ1) is 11.5. The summed E-state index contributed by atoms with van der Waals surface area (Å²) in [6.45, 7) is 4.05. The smallest absolute Gasteiger partial charge is 0.227 e. The summed E-state index contributed by atoms with van der Waals surface area (Å²) in [7, 11) is 0. The molecule has 0 spiro atoms. The lowest BCUT2D eigenvalue weighted by Crippen LogP contribution is -2.48. The molecule has 0 unspecified atom stereocenters. The molecule has 4 rings (SSSR count). The largest absolute Gasteiger partial charge is 0.340 e. The minimum atomic E-state index is -0.0481. The van der Waals surface area contributed by atoms with Crippen molar-refractivity contribution in [1.29, 1.82) is 0 Å². The van der Waals surface area contributed by atoms with Gasteiger partial charge in [-0.3, -0.25) is 9.59 Å². The Labute approximate surface area is 152 Å². The van der Waals surface area contributed by atoms with Gasteiger partial charge in [-0.05, 0) is 37.0 Å². The zero-order valence-corrected chi connectivity index (χ0v) is 15.3.